The van der Waals surface area contributed by atoms with Gasteiger partial charge in [-0.2, -0.15) is 0 Å². The van der Waals surface area contributed by atoms with Crippen molar-refractivity contribution in [2.75, 3.05) is 17.2 Å². The molecular formula is C18H25N3O4. The number of alkyl carbamates (subject to hydrolysis) is 1. The predicted molar refractivity (Wildman–Crippen MR) is 97.4 cm³/mol. The van der Waals surface area contributed by atoms with Gasteiger partial charge >= 0.3 is 6.09 Å². The predicted octanol–water partition coefficient (Wildman–Crippen LogP) is 3.05. The van der Waals surface area contributed by atoms with Gasteiger partial charge in [0.05, 0.1) is 11.4 Å². The Morgan fingerprint density at radius 2 is 1.60 bits per heavy atom. The van der Waals surface area contributed by atoms with E-state index in [1.807, 2.05) is 13.8 Å². The third-order valence-electron chi connectivity index (χ3n) is 2.67. The fraction of sp³-hybridized carbons (Fsp3) is 0.389. The van der Waals surface area contributed by atoms with E-state index in [2.05, 4.69) is 16.0 Å². The summed E-state index contributed by atoms with van der Waals surface area (Å²) in [7, 11) is 0. The van der Waals surface area contributed by atoms with Crippen LogP contribution in [-0.2, 0) is 14.3 Å². The highest BCUT2D eigenvalue weighted by atomic mass is 16.6. The first-order chi connectivity index (χ1) is 11.6. The molecule has 0 unspecified atom stereocenters. The van der Waals surface area contributed by atoms with Gasteiger partial charge in [-0.05, 0) is 46.8 Å². The van der Waals surface area contributed by atoms with Crippen LogP contribution in [0, 0.1) is 0 Å². The number of carbonyl (C=O) groups excluding carboxylic acids is 3. The van der Waals surface area contributed by atoms with Crippen molar-refractivity contribution < 1.29 is 19.1 Å². The summed E-state index contributed by atoms with van der Waals surface area (Å²) in [5.74, 6) is -0.719. The van der Waals surface area contributed by atoms with E-state index in [0.717, 1.165) is 5.57 Å². The van der Waals surface area contributed by atoms with Gasteiger partial charge in [0.15, 0.2) is 0 Å². The molecule has 0 aliphatic rings. The van der Waals surface area contributed by atoms with E-state index in [1.165, 1.54) is 6.08 Å². The minimum Gasteiger partial charge on any atom is -0.444 e. The minimum atomic E-state index is -0.673. The molecule has 7 nitrogen and oxygen atoms in total. The van der Waals surface area contributed by atoms with Gasteiger partial charge in [0.25, 0.3) is 0 Å². The average molecular weight is 347 g/mol. The molecule has 0 aliphatic heterocycles. The number of hydrogen-bond acceptors (Lipinski definition) is 4. The molecule has 0 spiro atoms. The second-order valence-corrected chi connectivity index (χ2v) is 6.66. The molecule has 136 valence electrons. The SMILES string of the molecule is CC(C)=CC(=O)Nc1ccccc1NC(=O)CNC(=O)OC(C)(C)C. The highest BCUT2D eigenvalue weighted by molar-refractivity contribution is 6.04. The van der Waals surface area contributed by atoms with E-state index in [9.17, 15) is 14.4 Å². The summed E-state index contributed by atoms with van der Waals surface area (Å²) in [6.45, 7) is 8.59. The van der Waals surface area contributed by atoms with Gasteiger partial charge in [0.1, 0.15) is 12.1 Å². The lowest BCUT2D eigenvalue weighted by molar-refractivity contribution is -0.115. The van der Waals surface area contributed by atoms with Crippen LogP contribution in [0.15, 0.2) is 35.9 Å². The third-order valence-corrected chi connectivity index (χ3v) is 2.67. The maximum atomic E-state index is 12.0. The van der Waals surface area contributed by atoms with Gasteiger partial charge in [-0.15, -0.1) is 0 Å². The van der Waals surface area contributed by atoms with E-state index < -0.39 is 17.6 Å². The van der Waals surface area contributed by atoms with E-state index in [0.29, 0.717) is 11.4 Å². The minimum absolute atomic E-state index is 0.245. The maximum Gasteiger partial charge on any atom is 0.408 e. The molecule has 0 saturated carbocycles. The largest absolute Gasteiger partial charge is 0.444 e. The molecule has 3 N–H and O–H groups in total. The van der Waals surface area contributed by atoms with Crippen molar-refractivity contribution in [1.82, 2.24) is 5.32 Å². The normalized spacial score (nSPS) is 10.4. The fourth-order valence-electron chi connectivity index (χ4n) is 1.79. The van der Waals surface area contributed by atoms with E-state index in [1.54, 1.807) is 45.0 Å². The number of amides is 3. The Morgan fingerprint density at radius 1 is 1.04 bits per heavy atom. The molecule has 1 aromatic rings. The first kappa shape index (κ1) is 20.2. The van der Waals surface area contributed by atoms with Crippen LogP contribution in [0.5, 0.6) is 0 Å². The number of rotatable bonds is 5. The Bertz CT molecular complexity index is 671. The van der Waals surface area contributed by atoms with Crippen molar-refractivity contribution in [3.63, 3.8) is 0 Å². The monoisotopic (exact) mass is 347 g/mol. The van der Waals surface area contributed by atoms with Crippen molar-refractivity contribution in [3.05, 3.63) is 35.9 Å². The lowest BCUT2D eigenvalue weighted by atomic mass is 10.2. The van der Waals surface area contributed by atoms with Crippen LogP contribution in [0.4, 0.5) is 16.2 Å². The highest BCUT2D eigenvalue weighted by Gasteiger charge is 2.17. The summed E-state index contributed by atoms with van der Waals surface area (Å²) in [4.78, 5) is 35.4. The molecule has 0 aliphatic carbocycles. The van der Waals surface area contributed by atoms with Crippen LogP contribution >= 0.6 is 0 Å². The fourth-order valence-corrected chi connectivity index (χ4v) is 1.79. The highest BCUT2D eigenvalue weighted by Crippen LogP contribution is 2.21. The molecule has 0 bridgehead atoms. The zero-order valence-corrected chi connectivity index (χ0v) is 15.2. The molecular weight excluding hydrogens is 322 g/mol. The number of allylic oxidation sites excluding steroid dienone is 1. The first-order valence-electron chi connectivity index (χ1n) is 7.88. The van der Waals surface area contributed by atoms with Gasteiger partial charge in [-0.25, -0.2) is 4.79 Å². The molecule has 0 fully saturated rings. The first-order valence-corrected chi connectivity index (χ1v) is 7.88. The molecule has 3 amide bonds. The van der Waals surface area contributed by atoms with Crippen LogP contribution in [0.2, 0.25) is 0 Å². The van der Waals surface area contributed by atoms with Crippen molar-refractivity contribution in [2.24, 2.45) is 0 Å². The maximum absolute atomic E-state index is 12.0. The number of anilines is 2. The van der Waals surface area contributed by atoms with Crippen molar-refractivity contribution in [1.29, 1.82) is 0 Å². The topological polar surface area (TPSA) is 96.5 Å². The molecule has 0 radical (unpaired) electrons. The van der Waals surface area contributed by atoms with Crippen LogP contribution in [0.25, 0.3) is 0 Å². The van der Waals surface area contributed by atoms with Crippen LogP contribution in [-0.4, -0.2) is 30.1 Å². The lowest BCUT2D eigenvalue weighted by Crippen LogP contribution is -2.37. The third kappa shape index (κ3) is 8.55. The zero-order valence-electron chi connectivity index (χ0n) is 15.2. The van der Waals surface area contributed by atoms with Gasteiger partial charge in [0.2, 0.25) is 11.8 Å². The number of ether oxygens (including phenoxy) is 1. The number of hydrogen-bond donors (Lipinski definition) is 3. The van der Waals surface area contributed by atoms with E-state index in [4.69, 9.17) is 4.74 Å². The molecule has 0 aromatic heterocycles. The molecule has 0 atom stereocenters. The number of nitrogens with one attached hydrogen (secondary N) is 3. The van der Waals surface area contributed by atoms with E-state index >= 15 is 0 Å². The Hall–Kier alpha value is -2.83. The summed E-state index contributed by atoms with van der Waals surface area (Å²) in [5.41, 5.74) is 1.13. The van der Waals surface area contributed by atoms with E-state index in [-0.39, 0.29) is 12.5 Å². The van der Waals surface area contributed by atoms with Gasteiger partial charge in [0, 0.05) is 6.08 Å². The molecule has 0 heterocycles. The summed E-state index contributed by atoms with van der Waals surface area (Å²) in [5, 5.41) is 7.72. The molecule has 1 aromatic carbocycles. The van der Waals surface area contributed by atoms with Gasteiger partial charge < -0.3 is 20.7 Å². The molecule has 1 rings (SSSR count). The Morgan fingerprint density at radius 3 is 2.12 bits per heavy atom. The van der Waals surface area contributed by atoms with Gasteiger partial charge in [-0.1, -0.05) is 17.7 Å². The average Bonchev–Trinajstić information content (AvgIpc) is 2.44. The van der Waals surface area contributed by atoms with Crippen molar-refractivity contribution in [3.8, 4) is 0 Å². The van der Waals surface area contributed by atoms with Crippen LogP contribution < -0.4 is 16.0 Å². The second-order valence-electron chi connectivity index (χ2n) is 6.66. The summed E-state index contributed by atoms with van der Waals surface area (Å²) in [6.07, 6.45) is 0.788. The van der Waals surface area contributed by atoms with Crippen LogP contribution in [0.1, 0.15) is 34.6 Å². The standard InChI is InChI=1S/C18H25N3O4/c1-12(2)10-15(22)20-13-8-6-7-9-14(13)21-16(23)11-19-17(24)25-18(3,4)5/h6-10H,11H2,1-5H3,(H,19,24)(H,20,22)(H,21,23). The molecule has 7 heteroatoms. The van der Waals surface area contributed by atoms with Crippen LogP contribution in [0.3, 0.4) is 0 Å². The summed E-state index contributed by atoms with van der Waals surface area (Å²) in [6, 6.07) is 6.80. The summed E-state index contributed by atoms with van der Waals surface area (Å²) >= 11 is 0. The van der Waals surface area contributed by atoms with Gasteiger partial charge in [-0.3, -0.25) is 9.59 Å². The Labute approximate surface area is 147 Å². The Balaban J connectivity index is 2.64. The summed E-state index contributed by atoms with van der Waals surface area (Å²) < 4.78 is 5.06. The molecule has 0 saturated heterocycles. The number of carbonyl (C=O) groups is 3. The quantitative estimate of drug-likeness (QED) is 0.713. The number of benzene rings is 1. The number of para-hydroxylation sites is 2. The smallest absolute Gasteiger partial charge is 0.408 e. The Kier molecular flexibility index (Phi) is 7.17. The second kappa shape index (κ2) is 8.86. The zero-order chi connectivity index (χ0) is 19.0. The van der Waals surface area contributed by atoms with Crippen molar-refractivity contribution >= 4 is 29.3 Å². The van der Waals surface area contributed by atoms with Crippen molar-refractivity contribution in [2.45, 2.75) is 40.2 Å². The molecule has 25 heavy (non-hydrogen) atoms. The lowest BCUT2D eigenvalue weighted by Gasteiger charge is -2.19.